The second-order valence-electron chi connectivity index (χ2n) is 5.97. The van der Waals surface area contributed by atoms with Gasteiger partial charge >= 0.3 is 5.97 Å². The fourth-order valence-electron chi connectivity index (χ4n) is 2.18. The molecule has 0 spiro atoms. The Morgan fingerprint density at radius 2 is 2.00 bits per heavy atom. The number of hydrogen-bond donors (Lipinski definition) is 3. The molecule has 1 amide bonds. The predicted molar refractivity (Wildman–Crippen MR) is 73.8 cm³/mol. The molecule has 1 rings (SSSR count). The van der Waals surface area contributed by atoms with Gasteiger partial charge in [0.05, 0.1) is 6.54 Å². The zero-order valence-corrected chi connectivity index (χ0v) is 11.9. The highest BCUT2D eigenvalue weighted by molar-refractivity contribution is 5.78. The van der Waals surface area contributed by atoms with E-state index >= 15 is 0 Å². The summed E-state index contributed by atoms with van der Waals surface area (Å²) in [5, 5.41) is 14.8. The Morgan fingerprint density at radius 3 is 2.53 bits per heavy atom. The molecule has 0 heterocycles. The molecule has 0 unspecified atom stereocenters. The Labute approximate surface area is 115 Å². The maximum absolute atomic E-state index is 11.6. The SMILES string of the molecule is CC(C)C[C@H](CNC(=O)CNCC1CC1)CC(=O)O. The summed E-state index contributed by atoms with van der Waals surface area (Å²) in [5.41, 5.74) is 0. The van der Waals surface area contributed by atoms with Crippen LogP contribution in [0.3, 0.4) is 0 Å². The van der Waals surface area contributed by atoms with Crippen molar-refractivity contribution in [2.75, 3.05) is 19.6 Å². The molecule has 0 aromatic carbocycles. The zero-order valence-electron chi connectivity index (χ0n) is 11.9. The second kappa shape index (κ2) is 8.15. The van der Waals surface area contributed by atoms with Crippen molar-refractivity contribution in [3.05, 3.63) is 0 Å². The summed E-state index contributed by atoms with van der Waals surface area (Å²) in [4.78, 5) is 22.4. The Bertz CT molecular complexity index is 301. The molecule has 3 N–H and O–H groups in total. The van der Waals surface area contributed by atoms with Crippen molar-refractivity contribution in [3.8, 4) is 0 Å². The average molecular weight is 270 g/mol. The van der Waals surface area contributed by atoms with Gasteiger partial charge in [-0.3, -0.25) is 9.59 Å². The van der Waals surface area contributed by atoms with Gasteiger partial charge in [0.15, 0.2) is 0 Å². The summed E-state index contributed by atoms with van der Waals surface area (Å²) in [6.07, 6.45) is 3.48. The zero-order chi connectivity index (χ0) is 14.3. The number of aliphatic carboxylic acids is 1. The molecule has 5 nitrogen and oxygen atoms in total. The Kier molecular flexibility index (Phi) is 6.84. The van der Waals surface area contributed by atoms with Crippen molar-refractivity contribution in [1.82, 2.24) is 10.6 Å². The highest BCUT2D eigenvalue weighted by Gasteiger charge is 2.21. The lowest BCUT2D eigenvalue weighted by atomic mass is 9.94. The molecule has 0 saturated heterocycles. The molecule has 0 aromatic rings. The van der Waals surface area contributed by atoms with Crippen LogP contribution < -0.4 is 10.6 Å². The van der Waals surface area contributed by atoms with Crippen LogP contribution >= 0.6 is 0 Å². The lowest BCUT2D eigenvalue weighted by Crippen LogP contribution is -2.37. The van der Waals surface area contributed by atoms with Crippen LogP contribution in [0, 0.1) is 17.8 Å². The molecule has 0 aromatic heterocycles. The number of carbonyl (C=O) groups excluding carboxylic acids is 1. The first-order chi connectivity index (χ1) is 8.97. The summed E-state index contributed by atoms with van der Waals surface area (Å²) in [6, 6.07) is 0. The third kappa shape index (κ3) is 8.59. The quantitative estimate of drug-likeness (QED) is 0.558. The highest BCUT2D eigenvalue weighted by atomic mass is 16.4. The van der Waals surface area contributed by atoms with Crippen LogP contribution in [0.1, 0.15) is 39.5 Å². The molecule has 1 saturated carbocycles. The normalized spacial score (nSPS) is 16.4. The van der Waals surface area contributed by atoms with E-state index in [0.717, 1.165) is 18.9 Å². The van der Waals surface area contributed by atoms with Crippen LogP contribution in [0.25, 0.3) is 0 Å². The molecule has 0 bridgehead atoms. The van der Waals surface area contributed by atoms with Gasteiger partial charge in [-0.25, -0.2) is 0 Å². The van der Waals surface area contributed by atoms with Crippen LogP contribution in [0.5, 0.6) is 0 Å². The van der Waals surface area contributed by atoms with Crippen molar-refractivity contribution in [2.24, 2.45) is 17.8 Å². The van der Waals surface area contributed by atoms with Crippen LogP contribution in [0.2, 0.25) is 0 Å². The van der Waals surface area contributed by atoms with Crippen molar-refractivity contribution in [2.45, 2.75) is 39.5 Å². The first kappa shape index (κ1) is 16.0. The number of rotatable bonds is 10. The van der Waals surface area contributed by atoms with E-state index in [9.17, 15) is 9.59 Å². The van der Waals surface area contributed by atoms with Gasteiger partial charge in [0, 0.05) is 13.0 Å². The minimum atomic E-state index is -0.799. The summed E-state index contributed by atoms with van der Waals surface area (Å²) in [7, 11) is 0. The fraction of sp³-hybridized carbons (Fsp3) is 0.857. The van der Waals surface area contributed by atoms with E-state index in [4.69, 9.17) is 5.11 Å². The van der Waals surface area contributed by atoms with Gasteiger partial charge in [0.2, 0.25) is 5.91 Å². The molecule has 0 radical (unpaired) electrons. The number of carbonyl (C=O) groups is 2. The maximum Gasteiger partial charge on any atom is 0.303 e. The molecule has 1 aliphatic carbocycles. The predicted octanol–water partition coefficient (Wildman–Crippen LogP) is 1.24. The molecule has 0 aliphatic heterocycles. The first-order valence-corrected chi connectivity index (χ1v) is 7.16. The minimum Gasteiger partial charge on any atom is -0.481 e. The van der Waals surface area contributed by atoms with Gasteiger partial charge < -0.3 is 15.7 Å². The summed E-state index contributed by atoms with van der Waals surface area (Å²) in [5.74, 6) is 0.374. The first-order valence-electron chi connectivity index (χ1n) is 7.16. The van der Waals surface area contributed by atoms with Crippen molar-refractivity contribution >= 4 is 11.9 Å². The van der Waals surface area contributed by atoms with Crippen LogP contribution in [-0.4, -0.2) is 36.6 Å². The van der Waals surface area contributed by atoms with E-state index in [2.05, 4.69) is 24.5 Å². The number of nitrogens with one attached hydrogen (secondary N) is 2. The van der Waals surface area contributed by atoms with Gasteiger partial charge in [-0.05, 0) is 43.6 Å². The van der Waals surface area contributed by atoms with E-state index in [-0.39, 0.29) is 18.2 Å². The van der Waals surface area contributed by atoms with Crippen molar-refractivity contribution in [1.29, 1.82) is 0 Å². The van der Waals surface area contributed by atoms with E-state index in [1.807, 2.05) is 0 Å². The third-order valence-corrected chi connectivity index (χ3v) is 3.27. The number of carboxylic acid groups (broad SMARTS) is 1. The van der Waals surface area contributed by atoms with Gasteiger partial charge in [-0.15, -0.1) is 0 Å². The molecule has 5 heteroatoms. The summed E-state index contributed by atoms with van der Waals surface area (Å²) < 4.78 is 0. The molecular weight excluding hydrogens is 244 g/mol. The molecule has 19 heavy (non-hydrogen) atoms. The number of amides is 1. The molecule has 1 aliphatic rings. The van der Waals surface area contributed by atoms with Gasteiger partial charge in [-0.2, -0.15) is 0 Å². The second-order valence-corrected chi connectivity index (χ2v) is 5.97. The van der Waals surface area contributed by atoms with Crippen molar-refractivity contribution in [3.63, 3.8) is 0 Å². The summed E-state index contributed by atoms with van der Waals surface area (Å²) in [6.45, 7) is 5.83. The lowest BCUT2D eigenvalue weighted by molar-refractivity contribution is -0.138. The van der Waals surface area contributed by atoms with E-state index in [1.165, 1.54) is 12.8 Å². The maximum atomic E-state index is 11.6. The van der Waals surface area contributed by atoms with Gasteiger partial charge in [0.1, 0.15) is 0 Å². The smallest absolute Gasteiger partial charge is 0.303 e. The molecule has 110 valence electrons. The Morgan fingerprint density at radius 1 is 1.32 bits per heavy atom. The third-order valence-electron chi connectivity index (χ3n) is 3.27. The Balaban J connectivity index is 2.16. The standard InChI is InChI=1S/C14H26N2O3/c1-10(2)5-12(6-14(18)19)8-16-13(17)9-15-7-11-3-4-11/h10-12,15H,3-9H2,1-2H3,(H,16,17)(H,18,19)/t12-/m0/s1. The molecule has 1 atom stereocenters. The molecule has 1 fully saturated rings. The number of carboxylic acids is 1. The van der Waals surface area contributed by atoms with Crippen molar-refractivity contribution < 1.29 is 14.7 Å². The fourth-order valence-corrected chi connectivity index (χ4v) is 2.18. The highest BCUT2D eigenvalue weighted by Crippen LogP contribution is 2.27. The van der Waals surface area contributed by atoms with E-state index < -0.39 is 5.97 Å². The van der Waals surface area contributed by atoms with E-state index in [1.54, 1.807) is 0 Å². The summed E-state index contributed by atoms with van der Waals surface area (Å²) >= 11 is 0. The van der Waals surface area contributed by atoms with Crippen LogP contribution in [0.15, 0.2) is 0 Å². The lowest BCUT2D eigenvalue weighted by Gasteiger charge is -2.17. The van der Waals surface area contributed by atoms with Gasteiger partial charge in [0.25, 0.3) is 0 Å². The van der Waals surface area contributed by atoms with Gasteiger partial charge in [-0.1, -0.05) is 13.8 Å². The largest absolute Gasteiger partial charge is 0.481 e. The number of hydrogen-bond acceptors (Lipinski definition) is 3. The van der Waals surface area contributed by atoms with E-state index in [0.29, 0.717) is 19.0 Å². The Hall–Kier alpha value is -1.10. The molecular formula is C14H26N2O3. The minimum absolute atomic E-state index is 0.0184. The average Bonchev–Trinajstić information content (AvgIpc) is 3.08. The monoisotopic (exact) mass is 270 g/mol. The van der Waals surface area contributed by atoms with Crippen LogP contribution in [0.4, 0.5) is 0 Å². The van der Waals surface area contributed by atoms with Crippen LogP contribution in [-0.2, 0) is 9.59 Å². The topological polar surface area (TPSA) is 78.4 Å².